The lowest BCUT2D eigenvalue weighted by molar-refractivity contribution is -0.147. The van der Waals surface area contributed by atoms with Crippen LogP contribution in [0.2, 0.25) is 0 Å². The van der Waals surface area contributed by atoms with Crippen LogP contribution >= 0.6 is 0 Å². The van der Waals surface area contributed by atoms with Crippen LogP contribution in [0.3, 0.4) is 0 Å². The first-order valence-corrected chi connectivity index (χ1v) is 7.51. The molecule has 1 aromatic carbocycles. The predicted molar refractivity (Wildman–Crippen MR) is 82.3 cm³/mol. The van der Waals surface area contributed by atoms with Crippen LogP contribution in [0.25, 0.3) is 0 Å². The third kappa shape index (κ3) is 5.77. The summed E-state index contributed by atoms with van der Waals surface area (Å²) in [7, 11) is 0. The number of hydrogen-bond acceptors (Lipinski definition) is 4. The fraction of sp³-hybridized carbons (Fsp3) is 0.438. The number of nitrogens with one attached hydrogen (secondary N) is 1. The van der Waals surface area contributed by atoms with Gasteiger partial charge in [0.05, 0.1) is 23.7 Å². The predicted octanol–water partition coefficient (Wildman–Crippen LogP) is 1.88. The molecule has 2 amide bonds. The summed E-state index contributed by atoms with van der Waals surface area (Å²) in [5.41, 5.74) is 3.42. The summed E-state index contributed by atoms with van der Waals surface area (Å²) in [6.07, 6.45) is -4.91. The van der Waals surface area contributed by atoms with Crippen molar-refractivity contribution in [3.8, 4) is 0 Å². The Morgan fingerprint density at radius 3 is 2.36 bits per heavy atom. The minimum atomic E-state index is -4.73. The molecule has 1 aromatic rings. The van der Waals surface area contributed by atoms with Gasteiger partial charge in [0.15, 0.2) is 0 Å². The van der Waals surface area contributed by atoms with Crippen molar-refractivity contribution in [3.05, 3.63) is 35.4 Å². The largest absolute Gasteiger partial charge is 0.466 e. The number of benzene rings is 1. The number of primary amides is 1. The third-order valence-corrected chi connectivity index (χ3v) is 3.40. The highest BCUT2D eigenvalue weighted by Gasteiger charge is 2.35. The number of ether oxygens (including phenoxy) is 1. The minimum absolute atomic E-state index is 0.135. The summed E-state index contributed by atoms with van der Waals surface area (Å²) in [6.45, 7) is 3.20. The smallest absolute Gasteiger partial charge is 0.417 e. The van der Waals surface area contributed by atoms with Crippen molar-refractivity contribution in [2.45, 2.75) is 32.5 Å². The van der Waals surface area contributed by atoms with E-state index in [1.54, 1.807) is 6.92 Å². The highest BCUT2D eigenvalue weighted by Crippen LogP contribution is 2.31. The average Bonchev–Trinajstić information content (AvgIpc) is 2.53. The van der Waals surface area contributed by atoms with Gasteiger partial charge in [-0.05, 0) is 25.5 Å². The minimum Gasteiger partial charge on any atom is -0.466 e. The van der Waals surface area contributed by atoms with Crippen molar-refractivity contribution in [1.29, 1.82) is 0 Å². The molecule has 1 rings (SSSR count). The number of rotatable bonds is 7. The zero-order chi connectivity index (χ0) is 19.2. The molecule has 0 spiro atoms. The van der Waals surface area contributed by atoms with Gasteiger partial charge in [-0.15, -0.1) is 0 Å². The third-order valence-electron chi connectivity index (χ3n) is 3.40. The molecule has 2 atom stereocenters. The van der Waals surface area contributed by atoms with Gasteiger partial charge in [-0.25, -0.2) is 0 Å². The first-order valence-electron chi connectivity index (χ1n) is 7.51. The molecule has 3 N–H and O–H groups in total. The van der Waals surface area contributed by atoms with E-state index in [1.165, 1.54) is 13.0 Å². The maximum absolute atomic E-state index is 13.0. The normalized spacial score (nSPS) is 13.6. The van der Waals surface area contributed by atoms with E-state index in [0.29, 0.717) is 0 Å². The quantitative estimate of drug-likeness (QED) is 0.725. The summed E-state index contributed by atoms with van der Waals surface area (Å²) in [6, 6.07) is 2.85. The van der Waals surface area contributed by atoms with E-state index in [4.69, 9.17) is 10.5 Å². The number of carbonyl (C=O) groups is 3. The van der Waals surface area contributed by atoms with Crippen molar-refractivity contribution in [2.75, 3.05) is 6.61 Å². The lowest BCUT2D eigenvalue weighted by Gasteiger charge is -2.20. The van der Waals surface area contributed by atoms with Crippen molar-refractivity contribution in [3.63, 3.8) is 0 Å². The monoisotopic (exact) mass is 360 g/mol. The fourth-order valence-electron chi connectivity index (χ4n) is 2.14. The molecule has 0 fully saturated rings. The van der Waals surface area contributed by atoms with E-state index < -0.39 is 47.0 Å². The van der Waals surface area contributed by atoms with Gasteiger partial charge in [-0.2, -0.15) is 13.2 Å². The number of amides is 2. The number of nitrogens with two attached hydrogens (primary N) is 1. The summed E-state index contributed by atoms with van der Waals surface area (Å²) < 4.78 is 43.7. The van der Waals surface area contributed by atoms with Crippen LogP contribution in [0, 0.1) is 5.92 Å². The Balaban J connectivity index is 2.95. The van der Waals surface area contributed by atoms with E-state index in [1.807, 2.05) is 0 Å². The standard InChI is InChI=1S/C16H19F3N2O4/c1-3-25-15(24)9(2)8-12(13(20)22)21-14(23)10-6-4-5-7-11(10)16(17,18)19/h4-7,9,12H,3,8H2,1-2H3,(H2,20,22)(H,21,23)/t9-,12+/m1/s1. The van der Waals surface area contributed by atoms with Crippen molar-refractivity contribution in [2.24, 2.45) is 11.7 Å². The maximum atomic E-state index is 13.0. The van der Waals surface area contributed by atoms with E-state index in [0.717, 1.165) is 18.2 Å². The molecule has 0 aromatic heterocycles. The van der Waals surface area contributed by atoms with Crippen LogP contribution in [0.1, 0.15) is 36.2 Å². The summed E-state index contributed by atoms with van der Waals surface area (Å²) in [4.78, 5) is 35.3. The van der Waals surface area contributed by atoms with Gasteiger partial charge in [0.1, 0.15) is 6.04 Å². The van der Waals surface area contributed by atoms with Gasteiger partial charge >= 0.3 is 12.1 Å². The molecular weight excluding hydrogens is 341 g/mol. The number of carbonyl (C=O) groups excluding carboxylic acids is 3. The Kier molecular flexibility index (Phi) is 6.96. The Labute approximate surface area is 142 Å². The van der Waals surface area contributed by atoms with Crippen LogP contribution in [-0.2, 0) is 20.5 Å². The van der Waals surface area contributed by atoms with Crippen LogP contribution in [-0.4, -0.2) is 30.4 Å². The first kappa shape index (κ1) is 20.5. The summed E-state index contributed by atoms with van der Waals surface area (Å²) >= 11 is 0. The SMILES string of the molecule is CCOC(=O)[C@H](C)C[C@H](NC(=O)c1ccccc1C(F)(F)F)C(N)=O. The van der Waals surface area contributed by atoms with Crippen molar-refractivity contribution in [1.82, 2.24) is 5.32 Å². The van der Waals surface area contributed by atoms with Crippen LogP contribution in [0.4, 0.5) is 13.2 Å². The van der Waals surface area contributed by atoms with Crippen LogP contribution in [0.15, 0.2) is 24.3 Å². The maximum Gasteiger partial charge on any atom is 0.417 e. The van der Waals surface area contributed by atoms with Crippen LogP contribution < -0.4 is 11.1 Å². The van der Waals surface area contributed by atoms with Crippen molar-refractivity contribution >= 4 is 17.8 Å². The van der Waals surface area contributed by atoms with Gasteiger partial charge in [-0.1, -0.05) is 19.1 Å². The second-order valence-corrected chi connectivity index (χ2v) is 5.36. The molecule has 0 unspecified atom stereocenters. The second kappa shape index (κ2) is 8.50. The summed E-state index contributed by atoms with van der Waals surface area (Å²) in [5.74, 6) is -3.43. The molecule has 0 aliphatic heterocycles. The van der Waals surface area contributed by atoms with Gasteiger partial charge in [0.2, 0.25) is 5.91 Å². The van der Waals surface area contributed by atoms with Gasteiger partial charge in [0, 0.05) is 0 Å². The molecule has 0 radical (unpaired) electrons. The molecule has 6 nitrogen and oxygen atoms in total. The molecule has 0 bridgehead atoms. The highest BCUT2D eigenvalue weighted by atomic mass is 19.4. The average molecular weight is 360 g/mol. The number of esters is 1. The number of alkyl halides is 3. The molecule has 0 saturated heterocycles. The van der Waals surface area contributed by atoms with E-state index in [2.05, 4.69) is 5.32 Å². The van der Waals surface area contributed by atoms with Crippen molar-refractivity contribution < 1.29 is 32.3 Å². The molecule has 0 aliphatic rings. The van der Waals surface area contributed by atoms with E-state index in [9.17, 15) is 27.6 Å². The van der Waals surface area contributed by atoms with Gasteiger partial charge in [0.25, 0.3) is 5.91 Å². The molecule has 0 saturated carbocycles. The lowest BCUT2D eigenvalue weighted by Crippen LogP contribution is -2.46. The van der Waals surface area contributed by atoms with E-state index in [-0.39, 0.29) is 13.0 Å². The topological polar surface area (TPSA) is 98.5 Å². The highest BCUT2D eigenvalue weighted by molar-refractivity contribution is 5.98. The zero-order valence-electron chi connectivity index (χ0n) is 13.7. The van der Waals surface area contributed by atoms with Gasteiger partial charge in [-0.3, -0.25) is 14.4 Å². The molecular formula is C16H19F3N2O4. The fourth-order valence-corrected chi connectivity index (χ4v) is 2.14. The molecule has 138 valence electrons. The molecule has 25 heavy (non-hydrogen) atoms. The zero-order valence-corrected chi connectivity index (χ0v) is 13.7. The Morgan fingerprint density at radius 1 is 1.24 bits per heavy atom. The lowest BCUT2D eigenvalue weighted by atomic mass is 10.00. The number of hydrogen-bond donors (Lipinski definition) is 2. The molecule has 0 aliphatic carbocycles. The molecule has 0 heterocycles. The Hall–Kier alpha value is -2.58. The second-order valence-electron chi connectivity index (χ2n) is 5.36. The van der Waals surface area contributed by atoms with Crippen LogP contribution in [0.5, 0.6) is 0 Å². The Bertz CT molecular complexity index is 647. The Morgan fingerprint density at radius 2 is 1.84 bits per heavy atom. The van der Waals surface area contributed by atoms with E-state index >= 15 is 0 Å². The molecule has 9 heteroatoms. The number of halogens is 3. The first-order chi connectivity index (χ1) is 11.6. The summed E-state index contributed by atoms with van der Waals surface area (Å²) in [5, 5.41) is 2.15. The van der Waals surface area contributed by atoms with Gasteiger partial charge < -0.3 is 15.8 Å².